The molecule has 3 rings (SSSR count). The van der Waals surface area contributed by atoms with Gasteiger partial charge in [-0.05, 0) is 12.1 Å². The summed E-state index contributed by atoms with van der Waals surface area (Å²) in [6, 6.07) is 6.40. The van der Waals surface area contributed by atoms with Crippen molar-refractivity contribution in [2.75, 3.05) is 24.2 Å². The highest BCUT2D eigenvalue weighted by atomic mass is 32.2. The third-order valence-corrected chi connectivity index (χ3v) is 5.68. The number of rotatable bonds is 7. The van der Waals surface area contributed by atoms with Gasteiger partial charge in [0.1, 0.15) is 6.54 Å². The zero-order valence-electron chi connectivity index (χ0n) is 13.6. The predicted molar refractivity (Wildman–Crippen MR) is 93.0 cm³/mol. The van der Waals surface area contributed by atoms with Gasteiger partial charge in [-0.2, -0.15) is 13.2 Å². The number of aliphatic hydroxyl groups is 1. The van der Waals surface area contributed by atoms with Crippen LogP contribution in [-0.4, -0.2) is 63.1 Å². The van der Waals surface area contributed by atoms with Crippen molar-refractivity contribution >= 4 is 40.0 Å². The van der Waals surface area contributed by atoms with Crippen LogP contribution in [0.3, 0.4) is 0 Å². The molecule has 0 spiro atoms. The first-order valence-electron chi connectivity index (χ1n) is 7.65. The number of alkyl halides is 3. The number of aliphatic hydroxyl groups excluding tert-OH is 1. The van der Waals surface area contributed by atoms with Crippen molar-refractivity contribution in [1.29, 1.82) is 0 Å². The molecule has 2 heterocycles. The molecule has 1 aromatic heterocycles. The van der Waals surface area contributed by atoms with Crippen LogP contribution in [0, 0.1) is 0 Å². The summed E-state index contributed by atoms with van der Waals surface area (Å²) < 4.78 is 36.8. The fourth-order valence-electron chi connectivity index (χ4n) is 2.35. The summed E-state index contributed by atoms with van der Waals surface area (Å²) >= 11 is 2.00. The maximum atomic E-state index is 12.2. The molecule has 2 N–H and O–H groups in total. The number of imide groups is 1. The summed E-state index contributed by atoms with van der Waals surface area (Å²) in [5, 5.41) is 19.6. The Bertz CT molecular complexity index is 824. The lowest BCUT2D eigenvalue weighted by Gasteiger charge is -2.17. The van der Waals surface area contributed by atoms with E-state index in [4.69, 9.17) is 0 Å². The molecule has 1 atom stereocenters. The van der Waals surface area contributed by atoms with Crippen LogP contribution in [-0.2, 0) is 0 Å². The lowest BCUT2D eigenvalue weighted by molar-refractivity contribution is -0.115. The minimum Gasteiger partial charge on any atom is -0.390 e. The molecule has 0 fully saturated rings. The number of fused-ring (bicyclic) bond motifs is 1. The number of carbonyl (C=O) groups excluding carboxylic acids is 2. The van der Waals surface area contributed by atoms with Crippen molar-refractivity contribution in [3.63, 3.8) is 0 Å². The summed E-state index contributed by atoms with van der Waals surface area (Å²) in [4.78, 5) is 25.5. The van der Waals surface area contributed by atoms with Gasteiger partial charge in [0, 0.05) is 5.75 Å². The van der Waals surface area contributed by atoms with Gasteiger partial charge in [0.25, 0.3) is 11.8 Å². The van der Waals surface area contributed by atoms with E-state index in [1.807, 2.05) is 0 Å². The SMILES string of the molecule is O=C1c2ccccc2C(=O)N1C[C@@H](O)CSc1nnc(NCC(F)(F)F)s1. The Hall–Kier alpha value is -2.18. The van der Waals surface area contributed by atoms with Gasteiger partial charge < -0.3 is 10.4 Å². The van der Waals surface area contributed by atoms with Crippen molar-refractivity contribution in [3.05, 3.63) is 35.4 Å². The summed E-state index contributed by atoms with van der Waals surface area (Å²) in [7, 11) is 0. The topological polar surface area (TPSA) is 95.4 Å². The number of anilines is 1. The van der Waals surface area contributed by atoms with Crippen LogP contribution in [0.2, 0.25) is 0 Å². The molecule has 1 aromatic carbocycles. The number of carbonyl (C=O) groups is 2. The molecule has 0 saturated carbocycles. The van der Waals surface area contributed by atoms with E-state index in [9.17, 15) is 27.9 Å². The van der Waals surface area contributed by atoms with Gasteiger partial charge in [0.05, 0.1) is 23.8 Å². The van der Waals surface area contributed by atoms with Gasteiger partial charge >= 0.3 is 6.18 Å². The van der Waals surface area contributed by atoms with E-state index >= 15 is 0 Å². The molecule has 0 unspecified atom stereocenters. The van der Waals surface area contributed by atoms with Gasteiger partial charge in [0.2, 0.25) is 5.13 Å². The van der Waals surface area contributed by atoms with Crippen LogP contribution in [0.25, 0.3) is 0 Å². The molecule has 0 aliphatic carbocycles. The molecule has 0 bridgehead atoms. The van der Waals surface area contributed by atoms with E-state index in [-0.39, 0.29) is 17.4 Å². The first-order valence-corrected chi connectivity index (χ1v) is 9.45. The highest BCUT2D eigenvalue weighted by molar-refractivity contribution is 8.01. The van der Waals surface area contributed by atoms with Crippen LogP contribution < -0.4 is 5.32 Å². The molecular weight excluding hydrogens is 405 g/mol. The Morgan fingerprint density at radius 3 is 2.41 bits per heavy atom. The van der Waals surface area contributed by atoms with Crippen LogP contribution in [0.5, 0.6) is 0 Å². The lowest BCUT2D eigenvalue weighted by atomic mass is 10.1. The van der Waals surface area contributed by atoms with E-state index < -0.39 is 30.6 Å². The molecule has 2 amide bonds. The Labute approximate surface area is 159 Å². The van der Waals surface area contributed by atoms with Crippen LogP contribution >= 0.6 is 23.1 Å². The molecule has 27 heavy (non-hydrogen) atoms. The number of benzene rings is 1. The summed E-state index contributed by atoms with van der Waals surface area (Å²) in [6.45, 7) is -1.40. The Kier molecular flexibility index (Phi) is 5.67. The number of nitrogens with one attached hydrogen (secondary N) is 1. The molecule has 0 radical (unpaired) electrons. The summed E-state index contributed by atoms with van der Waals surface area (Å²) in [5.41, 5.74) is 0.596. The summed E-state index contributed by atoms with van der Waals surface area (Å²) in [5.74, 6) is -0.829. The second-order valence-electron chi connectivity index (χ2n) is 5.57. The van der Waals surface area contributed by atoms with Gasteiger partial charge in [0.15, 0.2) is 4.34 Å². The van der Waals surface area contributed by atoms with Crippen LogP contribution in [0.1, 0.15) is 20.7 Å². The normalized spacial score (nSPS) is 15.2. The maximum absolute atomic E-state index is 12.2. The Balaban J connectivity index is 1.51. The van der Waals surface area contributed by atoms with Crippen LogP contribution in [0.4, 0.5) is 18.3 Å². The monoisotopic (exact) mass is 418 g/mol. The zero-order chi connectivity index (χ0) is 19.6. The number of nitrogens with zero attached hydrogens (tertiary/aromatic N) is 3. The number of halogens is 3. The molecule has 1 aliphatic heterocycles. The number of thioether (sulfide) groups is 1. The third-order valence-electron chi connectivity index (χ3n) is 3.52. The zero-order valence-corrected chi connectivity index (χ0v) is 15.2. The van der Waals surface area contributed by atoms with E-state index in [0.29, 0.717) is 15.5 Å². The number of hydrogen-bond acceptors (Lipinski definition) is 8. The fourth-order valence-corrected chi connectivity index (χ4v) is 4.04. The number of β-amino-alcohol motifs (C(OH)–C–C–N with tert-alkyl or cyclic N) is 1. The fraction of sp³-hybridized carbons (Fsp3) is 0.333. The quantitative estimate of drug-likeness (QED) is 0.526. The Morgan fingerprint density at radius 1 is 1.19 bits per heavy atom. The second-order valence-corrected chi connectivity index (χ2v) is 7.82. The third kappa shape index (κ3) is 4.76. The standard InChI is InChI=1S/C15H13F3N4O3S2/c16-15(17,18)7-19-13-20-21-14(27-13)26-6-8(23)5-22-11(24)9-3-1-2-4-10(9)12(22)25/h1-4,8,23H,5-7H2,(H,19,20)/t8-/m1/s1. The average molecular weight is 418 g/mol. The summed E-state index contributed by atoms with van der Waals surface area (Å²) in [6.07, 6.45) is -5.38. The average Bonchev–Trinajstić information content (AvgIpc) is 3.17. The van der Waals surface area contributed by atoms with Gasteiger partial charge in [-0.15, -0.1) is 10.2 Å². The minimum atomic E-state index is -4.36. The molecular formula is C15H13F3N4O3S2. The molecule has 1 aliphatic rings. The maximum Gasteiger partial charge on any atom is 0.405 e. The van der Waals surface area contributed by atoms with E-state index in [1.165, 1.54) is 0 Å². The highest BCUT2D eigenvalue weighted by Crippen LogP contribution is 2.28. The number of amides is 2. The van der Waals surface area contributed by atoms with E-state index in [0.717, 1.165) is 28.0 Å². The minimum absolute atomic E-state index is 0.0182. The molecule has 0 saturated heterocycles. The van der Waals surface area contributed by atoms with Crippen molar-refractivity contribution in [3.8, 4) is 0 Å². The molecule has 7 nitrogen and oxygen atoms in total. The van der Waals surface area contributed by atoms with E-state index in [1.54, 1.807) is 24.3 Å². The van der Waals surface area contributed by atoms with Gasteiger partial charge in [-0.25, -0.2) is 0 Å². The van der Waals surface area contributed by atoms with Crippen molar-refractivity contribution in [1.82, 2.24) is 15.1 Å². The molecule has 144 valence electrons. The first kappa shape index (κ1) is 19.6. The smallest absolute Gasteiger partial charge is 0.390 e. The second kappa shape index (κ2) is 7.82. The highest BCUT2D eigenvalue weighted by Gasteiger charge is 2.36. The van der Waals surface area contributed by atoms with Gasteiger partial charge in [-0.1, -0.05) is 35.2 Å². The predicted octanol–water partition coefficient (Wildman–Crippen LogP) is 2.26. The van der Waals surface area contributed by atoms with Gasteiger partial charge in [-0.3, -0.25) is 14.5 Å². The largest absolute Gasteiger partial charge is 0.405 e. The number of hydrogen-bond donors (Lipinski definition) is 2. The van der Waals surface area contributed by atoms with Crippen molar-refractivity contribution in [2.45, 2.75) is 16.6 Å². The van der Waals surface area contributed by atoms with Crippen molar-refractivity contribution in [2.24, 2.45) is 0 Å². The molecule has 2 aromatic rings. The number of aromatic nitrogens is 2. The lowest BCUT2D eigenvalue weighted by Crippen LogP contribution is -2.37. The van der Waals surface area contributed by atoms with Crippen molar-refractivity contribution < 1.29 is 27.9 Å². The van der Waals surface area contributed by atoms with Crippen LogP contribution in [0.15, 0.2) is 28.6 Å². The Morgan fingerprint density at radius 2 is 1.81 bits per heavy atom. The molecule has 12 heteroatoms. The van der Waals surface area contributed by atoms with E-state index in [2.05, 4.69) is 15.5 Å². The first-order chi connectivity index (χ1) is 12.7.